The first-order valence-corrected chi connectivity index (χ1v) is 8.31. The first-order chi connectivity index (χ1) is 11.9. The summed E-state index contributed by atoms with van der Waals surface area (Å²) in [6.45, 7) is 10.1. The zero-order chi connectivity index (χ0) is 18.2. The molecular formula is C18H20N4O3. The fourth-order valence-corrected chi connectivity index (χ4v) is 3.74. The van der Waals surface area contributed by atoms with Gasteiger partial charge in [-0.3, -0.25) is 14.5 Å². The lowest BCUT2D eigenvalue weighted by Gasteiger charge is -2.41. The van der Waals surface area contributed by atoms with Gasteiger partial charge in [-0.2, -0.15) is 0 Å². The number of rotatable bonds is 2. The molecule has 4 amide bonds. The number of carbonyl (C=O) groups excluding carboxylic acids is 3. The average molecular weight is 340 g/mol. The molecule has 2 saturated heterocycles. The van der Waals surface area contributed by atoms with Crippen molar-refractivity contribution in [1.82, 2.24) is 14.7 Å². The second-order valence-electron chi connectivity index (χ2n) is 6.37. The Morgan fingerprint density at radius 3 is 2.32 bits per heavy atom. The van der Waals surface area contributed by atoms with Crippen LogP contribution in [0.1, 0.15) is 30.1 Å². The molecule has 130 valence electrons. The summed E-state index contributed by atoms with van der Waals surface area (Å²) in [7, 11) is 1.51. The Labute approximate surface area is 146 Å². The topological polar surface area (TPSA) is 65.3 Å². The summed E-state index contributed by atoms with van der Waals surface area (Å²) < 4.78 is 0. The van der Waals surface area contributed by atoms with Crippen molar-refractivity contribution in [3.8, 4) is 0 Å². The highest BCUT2D eigenvalue weighted by Crippen LogP contribution is 2.36. The molecule has 0 radical (unpaired) electrons. The maximum absolute atomic E-state index is 12.6. The molecule has 0 N–H and O–H groups in total. The van der Waals surface area contributed by atoms with E-state index in [1.807, 2.05) is 6.92 Å². The molecule has 1 aromatic rings. The summed E-state index contributed by atoms with van der Waals surface area (Å²) in [6, 6.07) is 6.28. The number of piperidine rings is 1. The van der Waals surface area contributed by atoms with Crippen LogP contribution in [0.15, 0.2) is 24.3 Å². The standard InChI is InChI=1S/C18H20N4O3/c1-4-22-17(25)20(3)16(24)18(22)9-11-21(12-10-18)15(23)13-5-7-14(19-2)8-6-13/h5-8H,4,9-12H2,1,3H3. The van der Waals surface area contributed by atoms with Crippen LogP contribution < -0.4 is 0 Å². The monoisotopic (exact) mass is 340 g/mol. The van der Waals surface area contributed by atoms with Gasteiger partial charge in [0.15, 0.2) is 5.69 Å². The van der Waals surface area contributed by atoms with Gasteiger partial charge in [-0.15, -0.1) is 0 Å². The van der Waals surface area contributed by atoms with Gasteiger partial charge in [0.25, 0.3) is 11.8 Å². The predicted molar refractivity (Wildman–Crippen MR) is 91.1 cm³/mol. The van der Waals surface area contributed by atoms with Crippen LogP contribution in [0, 0.1) is 6.57 Å². The number of hydrogen-bond acceptors (Lipinski definition) is 3. The van der Waals surface area contributed by atoms with E-state index in [-0.39, 0.29) is 17.8 Å². The highest BCUT2D eigenvalue weighted by Gasteiger charge is 2.56. The second-order valence-corrected chi connectivity index (χ2v) is 6.37. The zero-order valence-corrected chi connectivity index (χ0v) is 14.4. The second kappa shape index (κ2) is 6.20. The van der Waals surface area contributed by atoms with E-state index in [2.05, 4.69) is 4.85 Å². The third kappa shape index (κ3) is 2.54. The average Bonchev–Trinajstić information content (AvgIpc) is 2.83. The minimum atomic E-state index is -0.814. The predicted octanol–water partition coefficient (Wildman–Crippen LogP) is 2.13. The summed E-state index contributed by atoms with van der Waals surface area (Å²) in [5, 5.41) is 0. The van der Waals surface area contributed by atoms with E-state index in [4.69, 9.17) is 6.57 Å². The Bertz CT molecular complexity index is 758. The molecule has 0 bridgehead atoms. The van der Waals surface area contributed by atoms with Crippen LogP contribution in [0.2, 0.25) is 0 Å². The molecule has 2 aliphatic rings. The highest BCUT2D eigenvalue weighted by molar-refractivity contribution is 6.07. The molecule has 25 heavy (non-hydrogen) atoms. The van der Waals surface area contributed by atoms with E-state index >= 15 is 0 Å². The SMILES string of the molecule is [C-]#[N+]c1ccc(C(=O)N2CCC3(CC2)C(=O)N(C)C(=O)N3CC)cc1. The number of nitrogens with zero attached hydrogens (tertiary/aromatic N) is 4. The van der Waals surface area contributed by atoms with E-state index in [9.17, 15) is 14.4 Å². The lowest BCUT2D eigenvalue weighted by atomic mass is 9.85. The Kier molecular flexibility index (Phi) is 4.21. The van der Waals surface area contributed by atoms with Crippen LogP contribution >= 0.6 is 0 Å². The van der Waals surface area contributed by atoms with Gasteiger partial charge in [0, 0.05) is 32.2 Å². The van der Waals surface area contributed by atoms with Crippen molar-refractivity contribution in [2.45, 2.75) is 25.3 Å². The Morgan fingerprint density at radius 1 is 1.20 bits per heavy atom. The first kappa shape index (κ1) is 17.0. The first-order valence-electron chi connectivity index (χ1n) is 8.31. The van der Waals surface area contributed by atoms with Crippen LogP contribution in [0.25, 0.3) is 4.85 Å². The van der Waals surface area contributed by atoms with Crippen LogP contribution in [-0.2, 0) is 4.79 Å². The largest absolute Gasteiger partial charge is 0.338 e. The van der Waals surface area contributed by atoms with Crippen LogP contribution in [0.5, 0.6) is 0 Å². The third-order valence-electron chi connectivity index (χ3n) is 5.17. The van der Waals surface area contributed by atoms with E-state index in [0.29, 0.717) is 43.7 Å². The van der Waals surface area contributed by atoms with Gasteiger partial charge < -0.3 is 9.80 Å². The van der Waals surface area contributed by atoms with Gasteiger partial charge in [0.05, 0.1) is 6.57 Å². The zero-order valence-electron chi connectivity index (χ0n) is 14.4. The van der Waals surface area contributed by atoms with Crippen molar-refractivity contribution in [3.63, 3.8) is 0 Å². The molecule has 0 aliphatic carbocycles. The number of likely N-dealkylation sites (tertiary alicyclic amines) is 1. The smallest absolute Gasteiger partial charge is 0.327 e. The molecular weight excluding hydrogens is 320 g/mol. The fraction of sp³-hybridized carbons (Fsp3) is 0.444. The summed E-state index contributed by atoms with van der Waals surface area (Å²) in [5.41, 5.74) is 0.207. The Morgan fingerprint density at radius 2 is 1.80 bits per heavy atom. The number of likely N-dealkylation sites (N-methyl/N-ethyl adjacent to an activating group) is 2. The molecule has 2 aliphatic heterocycles. The number of hydrogen-bond donors (Lipinski definition) is 0. The molecule has 2 heterocycles. The summed E-state index contributed by atoms with van der Waals surface area (Å²) in [5.74, 6) is -0.285. The molecule has 0 atom stereocenters. The van der Waals surface area contributed by atoms with Gasteiger partial charge in [-0.05, 0) is 19.8 Å². The van der Waals surface area contributed by atoms with Crippen molar-refractivity contribution in [3.05, 3.63) is 41.2 Å². The lowest BCUT2D eigenvalue weighted by molar-refractivity contribution is -0.134. The van der Waals surface area contributed by atoms with Gasteiger partial charge in [-0.1, -0.05) is 24.3 Å². The van der Waals surface area contributed by atoms with Crippen molar-refractivity contribution in [2.75, 3.05) is 26.7 Å². The summed E-state index contributed by atoms with van der Waals surface area (Å²) in [4.78, 5) is 45.3. The molecule has 1 spiro atoms. The molecule has 7 heteroatoms. The maximum atomic E-state index is 12.6. The van der Waals surface area contributed by atoms with Crippen molar-refractivity contribution >= 4 is 23.5 Å². The van der Waals surface area contributed by atoms with E-state index in [1.54, 1.807) is 34.1 Å². The third-order valence-corrected chi connectivity index (χ3v) is 5.17. The number of imide groups is 1. The normalized spacial score (nSPS) is 19.5. The number of carbonyl (C=O) groups is 3. The minimum absolute atomic E-state index is 0.112. The molecule has 7 nitrogen and oxygen atoms in total. The molecule has 1 aromatic carbocycles. The van der Waals surface area contributed by atoms with E-state index in [0.717, 1.165) is 0 Å². The van der Waals surface area contributed by atoms with Crippen LogP contribution in [-0.4, -0.2) is 64.8 Å². The minimum Gasteiger partial charge on any atom is -0.338 e. The van der Waals surface area contributed by atoms with Crippen LogP contribution in [0.3, 0.4) is 0 Å². The molecule has 0 unspecified atom stereocenters. The number of urea groups is 1. The van der Waals surface area contributed by atoms with Crippen LogP contribution in [0.4, 0.5) is 10.5 Å². The maximum Gasteiger partial charge on any atom is 0.327 e. The number of amides is 4. The quantitative estimate of drug-likeness (QED) is 0.612. The van der Waals surface area contributed by atoms with Crippen molar-refractivity contribution in [1.29, 1.82) is 0 Å². The number of benzene rings is 1. The van der Waals surface area contributed by atoms with Gasteiger partial charge in [-0.25, -0.2) is 9.64 Å². The fourth-order valence-electron chi connectivity index (χ4n) is 3.74. The Hall–Kier alpha value is -2.88. The molecule has 0 saturated carbocycles. The van der Waals surface area contributed by atoms with Crippen molar-refractivity contribution < 1.29 is 14.4 Å². The molecule has 0 aromatic heterocycles. The van der Waals surface area contributed by atoms with E-state index < -0.39 is 5.54 Å². The van der Waals surface area contributed by atoms with Gasteiger partial charge >= 0.3 is 6.03 Å². The van der Waals surface area contributed by atoms with E-state index in [1.165, 1.54) is 11.9 Å². The molecule has 3 rings (SSSR count). The summed E-state index contributed by atoms with van der Waals surface area (Å²) in [6.07, 6.45) is 0.892. The highest BCUT2D eigenvalue weighted by atomic mass is 16.2. The molecule has 2 fully saturated rings. The lowest BCUT2D eigenvalue weighted by Crippen LogP contribution is -2.57. The van der Waals surface area contributed by atoms with Crippen molar-refractivity contribution in [2.24, 2.45) is 0 Å². The summed E-state index contributed by atoms with van der Waals surface area (Å²) >= 11 is 0. The van der Waals surface area contributed by atoms with Gasteiger partial charge in [0.2, 0.25) is 0 Å². The van der Waals surface area contributed by atoms with Gasteiger partial charge in [0.1, 0.15) is 5.54 Å². The Balaban J connectivity index is 1.75.